The van der Waals surface area contributed by atoms with Crippen LogP contribution in [-0.4, -0.2) is 19.3 Å². The second-order valence-corrected chi connectivity index (χ2v) is 3.11. The molecule has 0 aliphatic rings. The quantitative estimate of drug-likeness (QED) is 0.780. The number of nitrogens with zero attached hydrogens (tertiary/aromatic N) is 4. The second kappa shape index (κ2) is 3.44. The Morgan fingerprint density at radius 3 is 2.92 bits per heavy atom. The number of aryl methyl sites for hydroxylation is 1. The van der Waals surface area contributed by atoms with E-state index in [2.05, 4.69) is 24.6 Å². The van der Waals surface area contributed by atoms with Gasteiger partial charge in [0.05, 0.1) is 6.20 Å². The number of hydrogen-bond acceptors (Lipinski definition) is 6. The molecule has 1 N–H and O–H groups in total. The molecule has 0 fully saturated rings. The highest BCUT2D eigenvalue weighted by Crippen LogP contribution is 2.14. The summed E-state index contributed by atoms with van der Waals surface area (Å²) in [4.78, 5) is 12.1. The Hall–Kier alpha value is -1.56. The molecule has 0 aromatic carbocycles. The monoisotopic (exact) mass is 193 g/mol. The molecule has 2 aromatic heterocycles. The molecule has 2 aromatic rings. The molecule has 0 spiro atoms. The molecule has 5 nitrogen and oxygen atoms in total. The highest BCUT2D eigenvalue weighted by atomic mass is 32.1. The zero-order chi connectivity index (χ0) is 9.10. The number of anilines is 2. The van der Waals surface area contributed by atoms with E-state index in [9.17, 15) is 0 Å². The van der Waals surface area contributed by atoms with Crippen LogP contribution in [-0.2, 0) is 0 Å². The molecule has 66 valence electrons. The predicted molar refractivity (Wildman–Crippen MR) is 50.0 cm³/mol. The van der Waals surface area contributed by atoms with E-state index in [1.54, 1.807) is 18.6 Å². The summed E-state index contributed by atoms with van der Waals surface area (Å²) >= 11 is 1.30. The first-order valence-electron chi connectivity index (χ1n) is 3.68. The first-order chi connectivity index (χ1) is 6.34. The fourth-order valence-corrected chi connectivity index (χ4v) is 1.40. The molecule has 0 saturated carbocycles. The van der Waals surface area contributed by atoms with Crippen molar-refractivity contribution in [2.45, 2.75) is 6.92 Å². The van der Waals surface area contributed by atoms with E-state index >= 15 is 0 Å². The lowest BCUT2D eigenvalue weighted by Gasteiger charge is -1.97. The van der Waals surface area contributed by atoms with Crippen LogP contribution < -0.4 is 5.32 Å². The maximum Gasteiger partial charge on any atom is 0.208 e. The summed E-state index contributed by atoms with van der Waals surface area (Å²) in [6.07, 6.45) is 4.88. The molecule has 2 rings (SSSR count). The smallest absolute Gasteiger partial charge is 0.208 e. The van der Waals surface area contributed by atoms with Crippen LogP contribution in [0, 0.1) is 6.92 Å². The van der Waals surface area contributed by atoms with Gasteiger partial charge < -0.3 is 5.32 Å². The Morgan fingerprint density at radius 2 is 2.31 bits per heavy atom. The van der Waals surface area contributed by atoms with Gasteiger partial charge >= 0.3 is 0 Å². The van der Waals surface area contributed by atoms with E-state index < -0.39 is 0 Å². The third-order valence-corrected chi connectivity index (χ3v) is 2.05. The Balaban J connectivity index is 2.15. The van der Waals surface area contributed by atoms with Crippen LogP contribution in [0.4, 0.5) is 10.9 Å². The average molecular weight is 193 g/mol. The van der Waals surface area contributed by atoms with E-state index in [4.69, 9.17) is 0 Å². The van der Waals surface area contributed by atoms with Crippen LogP contribution in [0.5, 0.6) is 0 Å². The molecular formula is C7H7N5S. The normalized spacial score (nSPS) is 9.92. The molecule has 6 heteroatoms. The number of rotatable bonds is 2. The maximum atomic E-state index is 4.13. The lowest BCUT2D eigenvalue weighted by Crippen LogP contribution is -1.92. The van der Waals surface area contributed by atoms with Crippen molar-refractivity contribution in [3.8, 4) is 0 Å². The van der Waals surface area contributed by atoms with Gasteiger partial charge in [-0.1, -0.05) is 0 Å². The summed E-state index contributed by atoms with van der Waals surface area (Å²) in [7, 11) is 0. The van der Waals surface area contributed by atoms with Crippen LogP contribution in [0.2, 0.25) is 0 Å². The van der Waals surface area contributed by atoms with Gasteiger partial charge in [0.1, 0.15) is 5.82 Å². The van der Waals surface area contributed by atoms with Gasteiger partial charge in [0.15, 0.2) is 5.82 Å². The molecule has 0 atom stereocenters. The van der Waals surface area contributed by atoms with Crippen LogP contribution in [0.25, 0.3) is 0 Å². The standard InChI is InChI=1S/C7H7N5S/c1-5-10-7(13-12-5)11-6-4-8-2-3-9-6/h2-4H,1H3,(H,9,10,11,12). The average Bonchev–Trinajstić information content (AvgIpc) is 2.53. The minimum atomic E-state index is 0.679. The van der Waals surface area contributed by atoms with E-state index in [0.717, 1.165) is 11.0 Å². The number of nitrogens with one attached hydrogen (secondary N) is 1. The van der Waals surface area contributed by atoms with Crippen LogP contribution >= 0.6 is 11.5 Å². The SMILES string of the molecule is Cc1nsc(Nc2cnccn2)n1. The van der Waals surface area contributed by atoms with E-state index in [1.807, 2.05) is 6.92 Å². The highest BCUT2D eigenvalue weighted by molar-refractivity contribution is 7.09. The van der Waals surface area contributed by atoms with Crippen molar-refractivity contribution in [1.29, 1.82) is 0 Å². The third-order valence-electron chi connectivity index (χ3n) is 1.33. The zero-order valence-electron chi connectivity index (χ0n) is 6.93. The van der Waals surface area contributed by atoms with Crippen molar-refractivity contribution in [3.63, 3.8) is 0 Å². The Labute approximate surface area is 79.1 Å². The van der Waals surface area contributed by atoms with Crippen molar-refractivity contribution < 1.29 is 0 Å². The molecule has 2 heterocycles. The van der Waals surface area contributed by atoms with Crippen molar-refractivity contribution >= 4 is 22.5 Å². The number of hydrogen-bond donors (Lipinski definition) is 1. The summed E-state index contributed by atoms with van der Waals surface area (Å²) in [5.74, 6) is 1.44. The molecule has 0 aliphatic carbocycles. The molecule has 0 aliphatic heterocycles. The van der Waals surface area contributed by atoms with Crippen molar-refractivity contribution in [2.24, 2.45) is 0 Å². The van der Waals surface area contributed by atoms with E-state index in [0.29, 0.717) is 5.82 Å². The molecule has 0 radical (unpaired) electrons. The van der Waals surface area contributed by atoms with Gasteiger partial charge in [-0.05, 0) is 6.92 Å². The molecule has 0 unspecified atom stereocenters. The summed E-state index contributed by atoms with van der Waals surface area (Å²) in [5.41, 5.74) is 0. The molecule has 0 amide bonds. The van der Waals surface area contributed by atoms with Gasteiger partial charge in [-0.3, -0.25) is 4.98 Å². The topological polar surface area (TPSA) is 63.6 Å². The summed E-state index contributed by atoms with van der Waals surface area (Å²) < 4.78 is 4.03. The fourth-order valence-electron chi connectivity index (χ4n) is 0.821. The fraction of sp³-hybridized carbons (Fsp3) is 0.143. The minimum Gasteiger partial charge on any atom is -0.314 e. The van der Waals surface area contributed by atoms with Gasteiger partial charge in [0.2, 0.25) is 5.13 Å². The van der Waals surface area contributed by atoms with Crippen molar-refractivity contribution in [1.82, 2.24) is 19.3 Å². The predicted octanol–water partition coefficient (Wildman–Crippen LogP) is 1.38. The van der Waals surface area contributed by atoms with Gasteiger partial charge in [-0.2, -0.15) is 4.37 Å². The van der Waals surface area contributed by atoms with Crippen LogP contribution in [0.3, 0.4) is 0 Å². The first kappa shape index (κ1) is 8.06. The third kappa shape index (κ3) is 1.97. The summed E-state index contributed by atoms with van der Waals surface area (Å²) in [6, 6.07) is 0. The van der Waals surface area contributed by atoms with Crippen molar-refractivity contribution in [2.75, 3.05) is 5.32 Å². The molecule has 0 bridgehead atoms. The first-order valence-corrected chi connectivity index (χ1v) is 4.45. The van der Waals surface area contributed by atoms with Crippen LogP contribution in [0.1, 0.15) is 5.82 Å². The minimum absolute atomic E-state index is 0.679. The van der Waals surface area contributed by atoms with Gasteiger partial charge in [0.25, 0.3) is 0 Å². The second-order valence-electron chi connectivity index (χ2n) is 2.36. The lowest BCUT2D eigenvalue weighted by atomic mass is 10.6. The maximum absolute atomic E-state index is 4.13. The van der Waals surface area contributed by atoms with Gasteiger partial charge in [-0.25, -0.2) is 9.97 Å². The van der Waals surface area contributed by atoms with Crippen LogP contribution in [0.15, 0.2) is 18.6 Å². The summed E-state index contributed by atoms with van der Waals surface area (Å²) in [5, 5.41) is 3.73. The van der Waals surface area contributed by atoms with Gasteiger partial charge in [0, 0.05) is 23.9 Å². The molecular weight excluding hydrogens is 186 g/mol. The Kier molecular flexibility index (Phi) is 2.13. The molecule has 13 heavy (non-hydrogen) atoms. The molecule has 0 saturated heterocycles. The van der Waals surface area contributed by atoms with E-state index in [-0.39, 0.29) is 0 Å². The Morgan fingerprint density at radius 1 is 1.38 bits per heavy atom. The summed E-state index contributed by atoms with van der Waals surface area (Å²) in [6.45, 7) is 1.85. The number of aromatic nitrogens is 4. The lowest BCUT2D eigenvalue weighted by molar-refractivity contribution is 1.15. The highest BCUT2D eigenvalue weighted by Gasteiger charge is 1.99. The van der Waals surface area contributed by atoms with E-state index in [1.165, 1.54) is 11.5 Å². The largest absolute Gasteiger partial charge is 0.314 e. The zero-order valence-corrected chi connectivity index (χ0v) is 7.75. The Bertz CT molecular complexity index is 385. The van der Waals surface area contributed by atoms with Crippen molar-refractivity contribution in [3.05, 3.63) is 24.4 Å². The van der Waals surface area contributed by atoms with Gasteiger partial charge in [-0.15, -0.1) is 0 Å².